The van der Waals surface area contributed by atoms with E-state index in [2.05, 4.69) is 69.8 Å². The maximum Gasteiger partial charge on any atom is 0.143 e. The summed E-state index contributed by atoms with van der Waals surface area (Å²) < 4.78 is 6.34. The molecule has 1 atom stereocenters. The molecule has 0 aliphatic carbocycles. The predicted molar refractivity (Wildman–Crippen MR) is 131 cm³/mol. The highest BCUT2D eigenvalue weighted by molar-refractivity contribution is 6.04. The fourth-order valence-electron chi connectivity index (χ4n) is 5.25. The quantitative estimate of drug-likeness (QED) is 0.512. The molecule has 0 amide bonds. The van der Waals surface area contributed by atoms with Crippen LogP contribution in [0.5, 0.6) is 5.75 Å². The standard InChI is InChI=1S/C27H25N5O/c28-11-10-19-16-32(13-12-29-19)27-25-24(30-17-31-27)15-23(22-9-4-14-33-26(22)25)21-8-3-6-18-5-1-2-7-20(18)21/h1-3,5-8,15,17,19,29H,4,9-10,12-14,16H2/t19-/m0/s1. The molecule has 3 heterocycles. The topological polar surface area (TPSA) is 74.1 Å². The molecule has 6 heteroatoms. The zero-order chi connectivity index (χ0) is 22.2. The first-order chi connectivity index (χ1) is 16.3. The van der Waals surface area contributed by atoms with Crippen LogP contribution in [-0.4, -0.2) is 42.3 Å². The van der Waals surface area contributed by atoms with Crippen molar-refractivity contribution >= 4 is 27.5 Å². The number of nitrogens with one attached hydrogen (secondary N) is 1. The van der Waals surface area contributed by atoms with Crippen LogP contribution in [-0.2, 0) is 6.42 Å². The van der Waals surface area contributed by atoms with Gasteiger partial charge in [0.25, 0.3) is 0 Å². The van der Waals surface area contributed by atoms with Crippen molar-refractivity contribution < 1.29 is 4.74 Å². The Balaban J connectivity index is 1.56. The molecule has 3 aromatic carbocycles. The molecule has 0 bridgehead atoms. The van der Waals surface area contributed by atoms with E-state index in [1.165, 1.54) is 27.5 Å². The number of ether oxygens (including phenoxy) is 1. The summed E-state index contributed by atoms with van der Waals surface area (Å²) in [5.41, 5.74) is 4.55. The van der Waals surface area contributed by atoms with Gasteiger partial charge in [0.15, 0.2) is 0 Å². The second-order valence-electron chi connectivity index (χ2n) is 8.76. The normalized spacial score (nSPS) is 18.0. The first-order valence-corrected chi connectivity index (χ1v) is 11.6. The summed E-state index contributed by atoms with van der Waals surface area (Å²) in [6, 6.07) is 19.6. The minimum Gasteiger partial charge on any atom is -0.492 e. The zero-order valence-electron chi connectivity index (χ0n) is 18.4. The summed E-state index contributed by atoms with van der Waals surface area (Å²) in [5, 5.41) is 16.1. The summed E-state index contributed by atoms with van der Waals surface area (Å²) in [4.78, 5) is 11.7. The van der Waals surface area contributed by atoms with Gasteiger partial charge < -0.3 is 15.0 Å². The molecule has 4 aromatic rings. The van der Waals surface area contributed by atoms with E-state index in [1.54, 1.807) is 6.33 Å². The van der Waals surface area contributed by atoms with Crippen LogP contribution in [0.25, 0.3) is 32.8 Å². The lowest BCUT2D eigenvalue weighted by Crippen LogP contribution is -2.50. The van der Waals surface area contributed by atoms with Gasteiger partial charge in [-0.15, -0.1) is 0 Å². The van der Waals surface area contributed by atoms with Crippen molar-refractivity contribution in [3.05, 3.63) is 60.4 Å². The molecule has 33 heavy (non-hydrogen) atoms. The Morgan fingerprint density at radius 2 is 2.03 bits per heavy atom. The summed E-state index contributed by atoms with van der Waals surface area (Å²) in [6.45, 7) is 3.12. The van der Waals surface area contributed by atoms with Gasteiger partial charge in [0, 0.05) is 31.2 Å². The van der Waals surface area contributed by atoms with Crippen LogP contribution in [0.4, 0.5) is 5.82 Å². The van der Waals surface area contributed by atoms with E-state index in [0.29, 0.717) is 13.0 Å². The minimum atomic E-state index is 0.139. The van der Waals surface area contributed by atoms with E-state index in [-0.39, 0.29) is 6.04 Å². The molecule has 6 nitrogen and oxygen atoms in total. The zero-order valence-corrected chi connectivity index (χ0v) is 18.4. The Bertz CT molecular complexity index is 1390. The van der Waals surface area contributed by atoms with E-state index in [1.807, 2.05) is 0 Å². The van der Waals surface area contributed by atoms with Gasteiger partial charge in [-0.3, -0.25) is 0 Å². The van der Waals surface area contributed by atoms with Crippen molar-refractivity contribution in [2.45, 2.75) is 25.3 Å². The lowest BCUT2D eigenvalue weighted by atomic mass is 9.89. The first-order valence-electron chi connectivity index (χ1n) is 11.6. The molecule has 2 aliphatic heterocycles. The van der Waals surface area contributed by atoms with Gasteiger partial charge in [0.1, 0.15) is 17.9 Å². The molecule has 164 valence electrons. The molecule has 1 aromatic heterocycles. The molecule has 1 saturated heterocycles. The summed E-state index contributed by atoms with van der Waals surface area (Å²) in [6.07, 6.45) is 4.11. The van der Waals surface area contributed by atoms with Gasteiger partial charge in [-0.1, -0.05) is 42.5 Å². The lowest BCUT2D eigenvalue weighted by Gasteiger charge is -2.34. The number of nitrogens with zero attached hydrogens (tertiary/aromatic N) is 4. The van der Waals surface area contributed by atoms with Crippen LogP contribution in [0.3, 0.4) is 0 Å². The third-order valence-electron chi connectivity index (χ3n) is 6.75. The number of hydrogen-bond donors (Lipinski definition) is 1. The number of anilines is 1. The molecular weight excluding hydrogens is 410 g/mol. The third-order valence-corrected chi connectivity index (χ3v) is 6.75. The van der Waals surface area contributed by atoms with Gasteiger partial charge in [-0.2, -0.15) is 5.26 Å². The Labute approximate surface area is 192 Å². The van der Waals surface area contributed by atoms with Crippen molar-refractivity contribution in [1.82, 2.24) is 15.3 Å². The first kappa shape index (κ1) is 20.0. The molecule has 0 spiro atoms. The fourth-order valence-corrected chi connectivity index (χ4v) is 5.25. The number of piperazine rings is 1. The maximum absolute atomic E-state index is 9.17. The van der Waals surface area contributed by atoms with Crippen LogP contribution in [0.1, 0.15) is 18.4 Å². The SMILES string of the molecule is N#CC[C@H]1CN(c2ncnc3cc(-c4cccc5ccccc45)c4c(c23)OCCC4)CCN1. The average Bonchev–Trinajstić information content (AvgIpc) is 2.88. The Hall–Kier alpha value is -3.69. The number of rotatable bonds is 3. The van der Waals surface area contributed by atoms with Gasteiger partial charge in [-0.25, -0.2) is 9.97 Å². The molecule has 0 saturated carbocycles. The summed E-state index contributed by atoms with van der Waals surface area (Å²) >= 11 is 0. The largest absolute Gasteiger partial charge is 0.492 e. The number of aromatic nitrogens is 2. The van der Waals surface area contributed by atoms with Crippen LogP contribution in [0, 0.1) is 11.3 Å². The van der Waals surface area contributed by atoms with Crippen LogP contribution in [0.15, 0.2) is 54.9 Å². The van der Waals surface area contributed by atoms with Gasteiger partial charge in [0.2, 0.25) is 0 Å². The van der Waals surface area contributed by atoms with Crippen molar-refractivity contribution in [3.63, 3.8) is 0 Å². The monoisotopic (exact) mass is 435 g/mol. The molecule has 0 radical (unpaired) electrons. The van der Waals surface area contributed by atoms with E-state index in [9.17, 15) is 0 Å². The lowest BCUT2D eigenvalue weighted by molar-refractivity contribution is 0.292. The van der Waals surface area contributed by atoms with Crippen molar-refractivity contribution in [3.8, 4) is 22.9 Å². The molecular formula is C27H25N5O. The van der Waals surface area contributed by atoms with Crippen LogP contribution < -0.4 is 15.0 Å². The molecule has 1 N–H and O–H groups in total. The van der Waals surface area contributed by atoms with Crippen LogP contribution in [0.2, 0.25) is 0 Å². The van der Waals surface area contributed by atoms with Gasteiger partial charge in [0.05, 0.1) is 30.0 Å². The Morgan fingerprint density at radius 3 is 2.97 bits per heavy atom. The molecule has 2 aliphatic rings. The van der Waals surface area contributed by atoms with Crippen molar-refractivity contribution in [2.24, 2.45) is 0 Å². The van der Waals surface area contributed by atoms with Crippen molar-refractivity contribution in [2.75, 3.05) is 31.1 Å². The maximum atomic E-state index is 9.17. The molecule has 6 rings (SSSR count). The number of fused-ring (bicyclic) bond motifs is 4. The summed E-state index contributed by atoms with van der Waals surface area (Å²) in [5.74, 6) is 1.83. The van der Waals surface area contributed by atoms with Crippen molar-refractivity contribution in [1.29, 1.82) is 5.26 Å². The summed E-state index contributed by atoms with van der Waals surface area (Å²) in [7, 11) is 0. The molecule has 0 unspecified atom stereocenters. The third kappa shape index (κ3) is 3.46. The highest BCUT2D eigenvalue weighted by Crippen LogP contribution is 2.44. The van der Waals surface area contributed by atoms with E-state index < -0.39 is 0 Å². The predicted octanol–water partition coefficient (Wildman–Crippen LogP) is 4.47. The minimum absolute atomic E-state index is 0.139. The number of hydrogen-bond acceptors (Lipinski definition) is 6. The Kier molecular flexibility index (Phi) is 5.04. The van der Waals surface area contributed by atoms with E-state index >= 15 is 0 Å². The van der Waals surface area contributed by atoms with E-state index in [0.717, 1.165) is 54.9 Å². The average molecular weight is 436 g/mol. The molecule has 1 fully saturated rings. The second-order valence-corrected chi connectivity index (χ2v) is 8.76. The van der Waals surface area contributed by atoms with E-state index in [4.69, 9.17) is 15.0 Å². The highest BCUT2D eigenvalue weighted by atomic mass is 16.5. The smallest absolute Gasteiger partial charge is 0.143 e. The highest BCUT2D eigenvalue weighted by Gasteiger charge is 2.27. The van der Waals surface area contributed by atoms with Gasteiger partial charge >= 0.3 is 0 Å². The Morgan fingerprint density at radius 1 is 1.12 bits per heavy atom. The fraction of sp³-hybridized carbons (Fsp3) is 0.296. The second kappa shape index (κ2) is 8.34. The number of nitriles is 1. The number of benzene rings is 3. The van der Waals surface area contributed by atoms with Crippen LogP contribution >= 0.6 is 0 Å². The van der Waals surface area contributed by atoms with Gasteiger partial charge in [-0.05, 0) is 40.8 Å².